The summed E-state index contributed by atoms with van der Waals surface area (Å²) in [7, 11) is 0. The summed E-state index contributed by atoms with van der Waals surface area (Å²) in [5.41, 5.74) is 1.42. The highest BCUT2D eigenvalue weighted by Gasteiger charge is 2.52. The first-order chi connectivity index (χ1) is 19.0. The molecule has 208 valence electrons. The van der Waals surface area contributed by atoms with Crippen molar-refractivity contribution in [3.05, 3.63) is 84.4 Å². The Morgan fingerprint density at radius 3 is 2.36 bits per heavy atom. The Bertz CT molecular complexity index is 1100. The Balaban J connectivity index is 1.21. The lowest BCUT2D eigenvalue weighted by Crippen LogP contribution is -2.72. The minimum Gasteiger partial charge on any atom is -0.445 e. The zero-order chi connectivity index (χ0) is 27.5. The van der Waals surface area contributed by atoms with Crippen LogP contribution in [0, 0.1) is 0 Å². The van der Waals surface area contributed by atoms with Gasteiger partial charge in [-0.25, -0.2) is 4.79 Å². The first-order valence-electron chi connectivity index (χ1n) is 14.0. The van der Waals surface area contributed by atoms with Crippen LogP contribution in [0.1, 0.15) is 43.2 Å². The third-order valence-electron chi connectivity index (χ3n) is 7.76. The third kappa shape index (κ3) is 7.47. The summed E-state index contributed by atoms with van der Waals surface area (Å²) in [5, 5.41) is 5.78. The van der Waals surface area contributed by atoms with E-state index in [1.54, 1.807) is 11.0 Å². The summed E-state index contributed by atoms with van der Waals surface area (Å²) >= 11 is 0. The number of piperidine rings is 1. The molecule has 3 amide bonds. The van der Waals surface area contributed by atoms with E-state index in [0.29, 0.717) is 45.2 Å². The highest BCUT2D eigenvalue weighted by Crippen LogP contribution is 2.33. The van der Waals surface area contributed by atoms with Gasteiger partial charge in [0.1, 0.15) is 18.2 Å². The summed E-state index contributed by atoms with van der Waals surface area (Å²) in [6.07, 6.45) is 5.36. The van der Waals surface area contributed by atoms with Crippen molar-refractivity contribution in [2.75, 3.05) is 32.7 Å². The quantitative estimate of drug-likeness (QED) is 0.322. The second kappa shape index (κ2) is 13.9. The maximum Gasteiger partial charge on any atom is 0.407 e. The van der Waals surface area contributed by atoms with E-state index in [0.717, 1.165) is 31.6 Å². The lowest BCUT2D eigenvalue weighted by Gasteiger charge is -2.51. The lowest BCUT2D eigenvalue weighted by molar-refractivity contribution is -0.160. The highest BCUT2D eigenvalue weighted by molar-refractivity contribution is 6.00. The lowest BCUT2D eigenvalue weighted by atomic mass is 9.81. The van der Waals surface area contributed by atoms with Crippen molar-refractivity contribution in [1.82, 2.24) is 20.4 Å². The average Bonchev–Trinajstić information content (AvgIpc) is 2.97. The molecule has 2 aliphatic rings. The fraction of sp³-hybridized carbons (Fsp3) is 0.452. The maximum absolute atomic E-state index is 13.5. The van der Waals surface area contributed by atoms with Gasteiger partial charge in [-0.15, -0.1) is 6.58 Å². The van der Waals surface area contributed by atoms with Gasteiger partial charge in [0.15, 0.2) is 0 Å². The van der Waals surface area contributed by atoms with Crippen molar-refractivity contribution in [3.8, 4) is 0 Å². The molecule has 0 aromatic heterocycles. The molecule has 1 atom stereocenters. The first kappa shape index (κ1) is 28.4. The van der Waals surface area contributed by atoms with E-state index in [4.69, 9.17) is 4.74 Å². The molecule has 39 heavy (non-hydrogen) atoms. The molecule has 1 spiro atoms. The predicted octanol–water partition coefficient (Wildman–Crippen LogP) is 3.67. The molecule has 0 radical (unpaired) electrons. The summed E-state index contributed by atoms with van der Waals surface area (Å²) in [6, 6.07) is 19.4. The number of piperazine rings is 1. The normalized spacial score (nSPS) is 19.0. The molecule has 2 saturated heterocycles. The van der Waals surface area contributed by atoms with Gasteiger partial charge in [-0.2, -0.15) is 0 Å². The van der Waals surface area contributed by atoms with Crippen LogP contribution in [0.15, 0.2) is 73.3 Å². The number of likely N-dealkylation sites (tertiary alicyclic amines) is 1. The van der Waals surface area contributed by atoms with Gasteiger partial charge >= 0.3 is 6.09 Å². The third-order valence-corrected chi connectivity index (χ3v) is 7.76. The van der Waals surface area contributed by atoms with Gasteiger partial charge < -0.3 is 25.2 Å². The number of carbonyl (C=O) groups is 3. The molecule has 0 aliphatic carbocycles. The standard InChI is InChI=1S/C31H40N4O4/c1-2-20-35-28(36)27(15-9-10-19-32-30(38)39-24-26-13-7-4-8-14-26)33-29(37)31(35)17-22-34(23-18-31)21-16-25-11-5-3-6-12-25/h2-8,11-14,27H,1,9-10,15-24H2,(H,32,38)(H,33,37)/t27-/m0/s1. The van der Waals surface area contributed by atoms with E-state index in [1.165, 1.54) is 5.56 Å². The van der Waals surface area contributed by atoms with Gasteiger partial charge in [-0.3, -0.25) is 9.59 Å². The number of nitrogens with zero attached hydrogens (tertiary/aromatic N) is 2. The average molecular weight is 533 g/mol. The fourth-order valence-corrected chi connectivity index (χ4v) is 5.48. The van der Waals surface area contributed by atoms with Crippen LogP contribution >= 0.6 is 0 Å². The zero-order valence-electron chi connectivity index (χ0n) is 22.6. The van der Waals surface area contributed by atoms with Crippen LogP contribution in [-0.2, 0) is 27.4 Å². The highest BCUT2D eigenvalue weighted by atomic mass is 16.5. The molecule has 2 aromatic rings. The number of amides is 3. The molecule has 8 heteroatoms. The molecular formula is C31H40N4O4. The summed E-state index contributed by atoms with van der Waals surface area (Å²) in [4.78, 5) is 43.0. The summed E-state index contributed by atoms with van der Waals surface area (Å²) in [5.74, 6) is -0.0956. The van der Waals surface area contributed by atoms with E-state index in [-0.39, 0.29) is 18.4 Å². The van der Waals surface area contributed by atoms with Gasteiger partial charge in [0.2, 0.25) is 11.8 Å². The molecule has 2 fully saturated rings. The van der Waals surface area contributed by atoms with Crippen LogP contribution in [0.5, 0.6) is 0 Å². The van der Waals surface area contributed by atoms with Crippen LogP contribution in [0.25, 0.3) is 0 Å². The molecule has 2 aliphatic heterocycles. The molecule has 2 aromatic carbocycles. The van der Waals surface area contributed by atoms with Crippen LogP contribution in [-0.4, -0.2) is 72.0 Å². The number of nitrogens with one attached hydrogen (secondary N) is 2. The monoisotopic (exact) mass is 532 g/mol. The number of hydrogen-bond donors (Lipinski definition) is 2. The predicted molar refractivity (Wildman–Crippen MR) is 151 cm³/mol. The van der Waals surface area contributed by atoms with E-state index in [1.807, 2.05) is 36.4 Å². The Kier molecular flexibility index (Phi) is 10.1. The fourth-order valence-electron chi connectivity index (χ4n) is 5.48. The number of ether oxygens (including phenoxy) is 1. The molecule has 8 nitrogen and oxygen atoms in total. The number of benzene rings is 2. The van der Waals surface area contributed by atoms with E-state index < -0.39 is 17.7 Å². The van der Waals surface area contributed by atoms with Crippen molar-refractivity contribution in [2.24, 2.45) is 0 Å². The van der Waals surface area contributed by atoms with Crippen molar-refractivity contribution in [2.45, 2.75) is 56.7 Å². The number of hydrogen-bond acceptors (Lipinski definition) is 5. The molecule has 0 unspecified atom stereocenters. The minimum absolute atomic E-state index is 0.0394. The second-order valence-corrected chi connectivity index (χ2v) is 10.4. The van der Waals surface area contributed by atoms with Crippen molar-refractivity contribution >= 4 is 17.9 Å². The number of alkyl carbamates (subject to hydrolysis) is 1. The maximum atomic E-state index is 13.5. The second-order valence-electron chi connectivity index (χ2n) is 10.4. The smallest absolute Gasteiger partial charge is 0.407 e. The van der Waals surface area contributed by atoms with Gasteiger partial charge in [-0.05, 0) is 49.7 Å². The topological polar surface area (TPSA) is 91.0 Å². The Hall–Kier alpha value is -3.65. The van der Waals surface area contributed by atoms with Crippen molar-refractivity contribution in [1.29, 1.82) is 0 Å². The van der Waals surface area contributed by atoms with E-state index in [9.17, 15) is 14.4 Å². The SMILES string of the molecule is C=CCN1C(=O)[C@H](CCCCNC(=O)OCc2ccccc2)NC(=O)C12CCN(CCc1ccccc1)CC2. The molecule has 2 N–H and O–H groups in total. The molecule has 2 heterocycles. The summed E-state index contributed by atoms with van der Waals surface area (Å²) in [6.45, 7) is 7.37. The van der Waals surface area contributed by atoms with Crippen molar-refractivity contribution in [3.63, 3.8) is 0 Å². The molecule has 0 saturated carbocycles. The van der Waals surface area contributed by atoms with E-state index in [2.05, 4.69) is 46.4 Å². The minimum atomic E-state index is -0.810. The van der Waals surface area contributed by atoms with Gasteiger partial charge in [0, 0.05) is 32.7 Å². The van der Waals surface area contributed by atoms with Crippen LogP contribution in [0.2, 0.25) is 0 Å². The number of unbranched alkanes of at least 4 members (excludes halogenated alkanes) is 1. The number of rotatable bonds is 12. The Labute approximate surface area is 231 Å². The zero-order valence-corrected chi connectivity index (χ0v) is 22.6. The van der Waals surface area contributed by atoms with Crippen molar-refractivity contribution < 1.29 is 19.1 Å². The number of carbonyl (C=O) groups excluding carboxylic acids is 3. The van der Waals surface area contributed by atoms with Crippen LogP contribution < -0.4 is 10.6 Å². The van der Waals surface area contributed by atoms with Gasteiger partial charge in [0.05, 0.1) is 0 Å². The van der Waals surface area contributed by atoms with Crippen LogP contribution in [0.4, 0.5) is 4.79 Å². The van der Waals surface area contributed by atoms with Crippen LogP contribution in [0.3, 0.4) is 0 Å². The van der Waals surface area contributed by atoms with Gasteiger partial charge in [0.25, 0.3) is 0 Å². The first-order valence-corrected chi connectivity index (χ1v) is 14.0. The van der Waals surface area contributed by atoms with E-state index >= 15 is 0 Å². The Morgan fingerprint density at radius 1 is 1.03 bits per heavy atom. The molecular weight excluding hydrogens is 492 g/mol. The Morgan fingerprint density at radius 2 is 1.69 bits per heavy atom. The summed E-state index contributed by atoms with van der Waals surface area (Å²) < 4.78 is 5.23. The molecule has 4 rings (SSSR count). The molecule has 0 bridgehead atoms. The largest absolute Gasteiger partial charge is 0.445 e. The van der Waals surface area contributed by atoms with Gasteiger partial charge in [-0.1, -0.05) is 66.7 Å².